The highest BCUT2D eigenvalue weighted by Crippen LogP contribution is 2.23. The molecule has 1 saturated carbocycles. The van der Waals surface area contributed by atoms with E-state index in [9.17, 15) is 9.59 Å². The van der Waals surface area contributed by atoms with Gasteiger partial charge in [-0.05, 0) is 25.7 Å². The number of hydrogen-bond donors (Lipinski definition) is 3. The van der Waals surface area contributed by atoms with Gasteiger partial charge in [0.1, 0.15) is 5.82 Å². The quantitative estimate of drug-likeness (QED) is 0.734. The van der Waals surface area contributed by atoms with Gasteiger partial charge in [0.25, 0.3) is 0 Å². The summed E-state index contributed by atoms with van der Waals surface area (Å²) in [6, 6.07) is -0.250. The molecule has 0 spiro atoms. The predicted molar refractivity (Wildman–Crippen MR) is 79.9 cm³/mol. The SMILES string of the molecule is Cc1nc(SCC(=O)NC(=O)NC2CCCCC2C)n[nH]1. The van der Waals surface area contributed by atoms with Gasteiger partial charge in [0.15, 0.2) is 0 Å². The predicted octanol–water partition coefficient (Wildman–Crippen LogP) is 1.61. The van der Waals surface area contributed by atoms with Crippen molar-refractivity contribution in [2.75, 3.05) is 5.75 Å². The summed E-state index contributed by atoms with van der Waals surface area (Å²) in [5, 5.41) is 12.4. The fourth-order valence-electron chi connectivity index (χ4n) is 2.41. The Labute approximate surface area is 128 Å². The van der Waals surface area contributed by atoms with E-state index in [0.717, 1.165) is 19.3 Å². The highest BCUT2D eigenvalue weighted by molar-refractivity contribution is 7.99. The zero-order valence-electron chi connectivity index (χ0n) is 12.3. The second-order valence-corrected chi connectivity index (χ2v) is 6.32. The Morgan fingerprint density at radius 3 is 2.81 bits per heavy atom. The van der Waals surface area contributed by atoms with Crippen molar-refractivity contribution in [2.24, 2.45) is 5.92 Å². The fraction of sp³-hybridized carbons (Fsp3) is 0.692. The summed E-state index contributed by atoms with van der Waals surface area (Å²) >= 11 is 1.19. The monoisotopic (exact) mass is 311 g/mol. The van der Waals surface area contributed by atoms with E-state index in [1.54, 1.807) is 6.92 Å². The minimum atomic E-state index is -0.412. The lowest BCUT2D eigenvalue weighted by Gasteiger charge is -2.29. The molecule has 116 valence electrons. The number of urea groups is 1. The number of carbonyl (C=O) groups is 2. The Balaban J connectivity index is 1.70. The summed E-state index contributed by atoms with van der Waals surface area (Å²) in [7, 11) is 0. The maximum absolute atomic E-state index is 11.8. The molecule has 1 aromatic heterocycles. The van der Waals surface area contributed by atoms with Crippen LogP contribution in [0.3, 0.4) is 0 Å². The van der Waals surface area contributed by atoms with Crippen molar-refractivity contribution in [1.82, 2.24) is 25.8 Å². The standard InChI is InChI=1S/C13H21N5O2S/c1-8-5-3-4-6-10(8)15-12(20)16-11(19)7-21-13-14-9(2)17-18-13/h8,10H,3-7H2,1-2H3,(H,14,17,18)(H2,15,16,19,20). The molecule has 1 heterocycles. The molecule has 0 saturated heterocycles. The normalized spacial score (nSPS) is 21.8. The number of imide groups is 1. The molecule has 3 N–H and O–H groups in total. The average molecular weight is 311 g/mol. The van der Waals surface area contributed by atoms with Gasteiger partial charge < -0.3 is 5.32 Å². The van der Waals surface area contributed by atoms with Crippen LogP contribution in [0.1, 0.15) is 38.4 Å². The van der Waals surface area contributed by atoms with Crippen molar-refractivity contribution >= 4 is 23.7 Å². The van der Waals surface area contributed by atoms with Crippen LogP contribution in [0, 0.1) is 12.8 Å². The largest absolute Gasteiger partial charge is 0.335 e. The van der Waals surface area contributed by atoms with Crippen molar-refractivity contribution in [3.8, 4) is 0 Å². The van der Waals surface area contributed by atoms with Gasteiger partial charge in [-0.1, -0.05) is 31.5 Å². The van der Waals surface area contributed by atoms with E-state index in [1.165, 1.54) is 18.2 Å². The summed E-state index contributed by atoms with van der Waals surface area (Å²) < 4.78 is 0. The second-order valence-electron chi connectivity index (χ2n) is 5.38. The number of nitrogens with one attached hydrogen (secondary N) is 3. The molecule has 1 aromatic rings. The highest BCUT2D eigenvalue weighted by Gasteiger charge is 2.23. The van der Waals surface area contributed by atoms with Crippen LogP contribution >= 0.6 is 11.8 Å². The topological polar surface area (TPSA) is 99.8 Å². The zero-order chi connectivity index (χ0) is 15.2. The van der Waals surface area contributed by atoms with E-state index < -0.39 is 6.03 Å². The lowest BCUT2D eigenvalue weighted by Crippen LogP contribution is -2.48. The lowest BCUT2D eigenvalue weighted by molar-refractivity contribution is -0.117. The molecule has 1 aliphatic carbocycles. The molecule has 1 aliphatic rings. The number of amides is 3. The number of rotatable bonds is 4. The third-order valence-electron chi connectivity index (χ3n) is 3.59. The fourth-order valence-corrected chi connectivity index (χ4v) is 3.06. The first-order valence-corrected chi connectivity index (χ1v) is 8.15. The van der Waals surface area contributed by atoms with Gasteiger partial charge >= 0.3 is 6.03 Å². The molecule has 0 bridgehead atoms. The van der Waals surface area contributed by atoms with Crippen LogP contribution in [0.5, 0.6) is 0 Å². The Hall–Kier alpha value is -1.57. The van der Waals surface area contributed by atoms with Gasteiger partial charge in [-0.15, -0.1) is 5.10 Å². The molecule has 0 aromatic carbocycles. The van der Waals surface area contributed by atoms with Gasteiger partial charge in [-0.2, -0.15) is 0 Å². The average Bonchev–Trinajstić information content (AvgIpc) is 2.85. The van der Waals surface area contributed by atoms with E-state index in [2.05, 4.69) is 32.7 Å². The maximum atomic E-state index is 11.8. The molecule has 2 unspecified atom stereocenters. The summed E-state index contributed by atoms with van der Waals surface area (Å²) in [4.78, 5) is 27.6. The smallest absolute Gasteiger partial charge is 0.321 e. The summed E-state index contributed by atoms with van der Waals surface area (Å²) in [6.07, 6.45) is 4.45. The number of thioether (sulfide) groups is 1. The van der Waals surface area contributed by atoms with E-state index in [0.29, 0.717) is 16.9 Å². The van der Waals surface area contributed by atoms with Gasteiger partial charge in [0.05, 0.1) is 5.75 Å². The third kappa shape index (κ3) is 5.04. The number of aromatic amines is 1. The summed E-state index contributed by atoms with van der Waals surface area (Å²) in [5.41, 5.74) is 0. The molecule has 2 rings (SSSR count). The molecular formula is C13H21N5O2S. The first-order valence-electron chi connectivity index (χ1n) is 7.16. The van der Waals surface area contributed by atoms with Crippen LogP contribution in [0.2, 0.25) is 0 Å². The Bertz CT molecular complexity index is 505. The van der Waals surface area contributed by atoms with Crippen LogP contribution in [0.25, 0.3) is 0 Å². The van der Waals surface area contributed by atoms with E-state index >= 15 is 0 Å². The number of H-pyrrole nitrogens is 1. The molecule has 8 heteroatoms. The maximum Gasteiger partial charge on any atom is 0.321 e. The van der Waals surface area contributed by atoms with Crippen molar-refractivity contribution in [2.45, 2.75) is 50.7 Å². The van der Waals surface area contributed by atoms with Crippen LogP contribution < -0.4 is 10.6 Å². The number of aryl methyl sites for hydroxylation is 1. The molecule has 0 radical (unpaired) electrons. The molecule has 2 atom stereocenters. The lowest BCUT2D eigenvalue weighted by atomic mass is 9.86. The molecule has 7 nitrogen and oxygen atoms in total. The van der Waals surface area contributed by atoms with E-state index in [4.69, 9.17) is 0 Å². The molecule has 1 fully saturated rings. The minimum absolute atomic E-state index is 0.116. The third-order valence-corrected chi connectivity index (χ3v) is 4.44. The number of aromatic nitrogens is 3. The van der Waals surface area contributed by atoms with Crippen LogP contribution in [-0.4, -0.2) is 38.9 Å². The first-order chi connectivity index (χ1) is 10.0. The highest BCUT2D eigenvalue weighted by atomic mass is 32.2. The van der Waals surface area contributed by atoms with Gasteiger partial charge in [0.2, 0.25) is 11.1 Å². The van der Waals surface area contributed by atoms with E-state index in [1.807, 2.05) is 0 Å². The molecule has 21 heavy (non-hydrogen) atoms. The van der Waals surface area contributed by atoms with Crippen molar-refractivity contribution in [1.29, 1.82) is 0 Å². The van der Waals surface area contributed by atoms with Crippen LogP contribution in [0.15, 0.2) is 5.16 Å². The minimum Gasteiger partial charge on any atom is -0.335 e. The summed E-state index contributed by atoms with van der Waals surface area (Å²) in [5.74, 6) is 0.931. The van der Waals surface area contributed by atoms with Gasteiger partial charge in [0, 0.05) is 6.04 Å². The molecule has 0 aliphatic heterocycles. The summed E-state index contributed by atoms with van der Waals surface area (Å²) in [6.45, 7) is 3.92. The number of hydrogen-bond acceptors (Lipinski definition) is 5. The van der Waals surface area contributed by atoms with Crippen molar-refractivity contribution in [3.63, 3.8) is 0 Å². The Morgan fingerprint density at radius 1 is 1.38 bits per heavy atom. The number of nitrogens with zero attached hydrogens (tertiary/aromatic N) is 2. The second kappa shape index (κ2) is 7.44. The van der Waals surface area contributed by atoms with Gasteiger partial charge in [-0.25, -0.2) is 9.78 Å². The first kappa shape index (κ1) is 15.8. The van der Waals surface area contributed by atoms with Gasteiger partial charge in [-0.3, -0.25) is 15.2 Å². The Morgan fingerprint density at radius 2 is 2.14 bits per heavy atom. The molecular weight excluding hydrogens is 290 g/mol. The van der Waals surface area contributed by atoms with E-state index in [-0.39, 0.29) is 17.7 Å². The van der Waals surface area contributed by atoms with Crippen molar-refractivity contribution in [3.05, 3.63) is 5.82 Å². The Kier molecular flexibility index (Phi) is 5.60. The van der Waals surface area contributed by atoms with Crippen LogP contribution in [0.4, 0.5) is 4.79 Å². The van der Waals surface area contributed by atoms with Crippen molar-refractivity contribution < 1.29 is 9.59 Å². The number of carbonyl (C=O) groups excluding carboxylic acids is 2. The van der Waals surface area contributed by atoms with Crippen LogP contribution in [-0.2, 0) is 4.79 Å². The zero-order valence-corrected chi connectivity index (χ0v) is 13.1. The molecule has 3 amide bonds.